The van der Waals surface area contributed by atoms with Gasteiger partial charge in [0.05, 0.1) is 16.7 Å². The Balaban J connectivity index is 1.82. The average Bonchev–Trinajstić information content (AvgIpc) is 3.24. The quantitative estimate of drug-likeness (QED) is 0.280. The van der Waals surface area contributed by atoms with Crippen LogP contribution in [0, 0.1) is 6.92 Å². The second-order valence-electron chi connectivity index (χ2n) is 7.16. The first-order chi connectivity index (χ1) is 15.2. The Morgan fingerprint density at radius 2 is 1.97 bits per heavy atom. The first-order valence-electron chi connectivity index (χ1n) is 9.25. The normalized spacial score (nSPS) is 13.2. The number of aryl methyl sites for hydroxylation is 1. The van der Waals surface area contributed by atoms with Crippen molar-refractivity contribution in [1.29, 1.82) is 0 Å². The van der Waals surface area contributed by atoms with Gasteiger partial charge in [-0.15, -0.1) is 0 Å². The summed E-state index contributed by atoms with van der Waals surface area (Å²) in [5, 5.41) is 8.61. The zero-order valence-electron chi connectivity index (χ0n) is 16.8. The lowest BCUT2D eigenvalue weighted by Crippen LogP contribution is -2.31. The van der Waals surface area contributed by atoms with Crippen LogP contribution in [-0.2, 0) is 5.41 Å². The number of nitrogens with one attached hydrogen (secondary N) is 1. The second kappa shape index (κ2) is 8.75. The molecule has 0 saturated heterocycles. The van der Waals surface area contributed by atoms with E-state index < -0.39 is 16.7 Å². The first-order valence-corrected chi connectivity index (χ1v) is 11.5. The van der Waals surface area contributed by atoms with Crippen LogP contribution in [0.4, 0.5) is 0 Å². The lowest BCUT2D eigenvalue weighted by molar-refractivity contribution is 0.409. The van der Waals surface area contributed by atoms with Gasteiger partial charge in [-0.25, -0.2) is 4.79 Å². The van der Waals surface area contributed by atoms with Crippen molar-refractivity contribution in [3.05, 3.63) is 84.6 Å². The molecule has 0 bridgehead atoms. The molecule has 0 amide bonds. The first kappa shape index (κ1) is 22.6. The van der Waals surface area contributed by atoms with Gasteiger partial charge < -0.3 is 4.52 Å². The number of hydrogen-bond donors (Lipinski definition) is 1. The predicted octanol–water partition coefficient (Wildman–Crippen LogP) is 3.72. The van der Waals surface area contributed by atoms with E-state index in [1.54, 1.807) is 24.4 Å². The fourth-order valence-corrected chi connectivity index (χ4v) is 4.87. The number of benzene rings is 1. The van der Waals surface area contributed by atoms with Gasteiger partial charge in [0.2, 0.25) is 0 Å². The zero-order chi connectivity index (χ0) is 23.0. The largest absolute Gasteiger partial charge is 0.349 e. The summed E-state index contributed by atoms with van der Waals surface area (Å²) >= 11 is 15.5. The van der Waals surface area contributed by atoms with Crippen LogP contribution in [0.1, 0.15) is 24.0 Å². The number of rotatable bonds is 5. The lowest BCUT2D eigenvalue weighted by Gasteiger charge is -2.27. The Morgan fingerprint density at radius 3 is 2.59 bits per heavy atom. The van der Waals surface area contributed by atoms with E-state index in [1.807, 2.05) is 19.9 Å². The molecule has 0 aliphatic carbocycles. The number of nitrogens with zero attached hydrogens (tertiary/aromatic N) is 5. The van der Waals surface area contributed by atoms with Gasteiger partial charge >= 0.3 is 5.69 Å². The summed E-state index contributed by atoms with van der Waals surface area (Å²) in [5.41, 5.74) is 0.274. The van der Waals surface area contributed by atoms with Gasteiger partial charge in [-0.1, -0.05) is 50.9 Å². The molecule has 1 unspecified atom stereocenters. The van der Waals surface area contributed by atoms with Crippen LogP contribution in [0.3, 0.4) is 0 Å². The van der Waals surface area contributed by atoms with Crippen molar-refractivity contribution in [2.45, 2.75) is 19.3 Å². The van der Waals surface area contributed by atoms with Crippen LogP contribution in [-0.4, -0.2) is 34.3 Å². The highest BCUT2D eigenvalue weighted by atomic mass is 127. The molecule has 1 atom stereocenters. The molecule has 1 N–H and O–H groups in total. The van der Waals surface area contributed by atoms with Gasteiger partial charge in [-0.2, -0.15) is 14.8 Å². The van der Waals surface area contributed by atoms with Crippen molar-refractivity contribution < 1.29 is 4.52 Å². The third-order valence-electron chi connectivity index (χ3n) is 4.96. The van der Waals surface area contributed by atoms with E-state index in [0.29, 0.717) is 27.4 Å². The Bertz CT molecular complexity index is 1410. The number of alkyl halides is 1. The van der Waals surface area contributed by atoms with Crippen molar-refractivity contribution >= 4 is 45.8 Å². The minimum atomic E-state index is -0.797. The molecule has 9 nitrogen and oxygen atoms in total. The van der Waals surface area contributed by atoms with Gasteiger partial charge in [-0.3, -0.25) is 14.8 Å². The summed E-state index contributed by atoms with van der Waals surface area (Å²) in [4.78, 5) is 34.4. The molecular weight excluding hydrogens is 570 g/mol. The maximum absolute atomic E-state index is 12.1. The molecule has 4 rings (SSSR count). The maximum atomic E-state index is 12.1. The molecule has 0 spiro atoms. The molecular formula is C20H15Cl2IN6O3. The standard InChI is InChI=1S/C20H15Cl2IN6O3/c1-10-12(4-3-5-24-10)17-27-18(28-32-17)20(2,9-23)16-13(21)6-11(7-14(16)22)29-19(31)26-15(30)8-25-29/h3-8H,9H2,1-2H3,(H,26,30,31). The van der Waals surface area contributed by atoms with Gasteiger partial charge in [0.1, 0.15) is 6.20 Å². The van der Waals surface area contributed by atoms with Crippen LogP contribution in [0.25, 0.3) is 17.1 Å². The molecule has 3 aromatic heterocycles. The van der Waals surface area contributed by atoms with Crippen LogP contribution in [0.15, 0.2) is 50.8 Å². The van der Waals surface area contributed by atoms with E-state index in [0.717, 1.165) is 22.1 Å². The Hall–Kier alpha value is -2.57. The molecule has 0 fully saturated rings. The number of pyridine rings is 1. The Morgan fingerprint density at radius 1 is 1.25 bits per heavy atom. The summed E-state index contributed by atoms with van der Waals surface area (Å²) in [7, 11) is 0. The maximum Gasteiger partial charge on any atom is 0.349 e. The molecule has 0 aliphatic heterocycles. The molecule has 0 saturated carbocycles. The summed E-state index contributed by atoms with van der Waals surface area (Å²) < 4.78 is 7.06. The van der Waals surface area contributed by atoms with Gasteiger partial charge in [-0.05, 0) is 38.1 Å². The summed E-state index contributed by atoms with van der Waals surface area (Å²) in [6, 6.07) is 6.74. The fraction of sp³-hybridized carbons (Fsp3) is 0.200. The number of hydrogen-bond acceptors (Lipinski definition) is 7. The van der Waals surface area contributed by atoms with E-state index in [1.165, 1.54) is 0 Å². The third-order valence-corrected chi connectivity index (χ3v) is 7.08. The minimum Gasteiger partial charge on any atom is -0.334 e. The number of aromatic nitrogens is 6. The van der Waals surface area contributed by atoms with Gasteiger partial charge in [0.25, 0.3) is 11.4 Å². The third kappa shape index (κ3) is 3.97. The smallest absolute Gasteiger partial charge is 0.334 e. The van der Waals surface area contributed by atoms with Crippen LogP contribution in [0.5, 0.6) is 0 Å². The molecule has 12 heteroatoms. The minimum absolute atomic E-state index is 0.287. The number of H-pyrrole nitrogens is 1. The van der Waals surface area contributed by atoms with Crippen LogP contribution < -0.4 is 11.2 Å². The molecule has 4 aromatic rings. The van der Waals surface area contributed by atoms with Crippen molar-refractivity contribution in [1.82, 2.24) is 29.9 Å². The Kier molecular flexibility index (Phi) is 6.19. The predicted molar refractivity (Wildman–Crippen MR) is 128 cm³/mol. The highest BCUT2D eigenvalue weighted by Crippen LogP contribution is 2.42. The van der Waals surface area contributed by atoms with E-state index in [-0.39, 0.29) is 10.0 Å². The van der Waals surface area contributed by atoms with Crippen molar-refractivity contribution in [3.8, 4) is 17.1 Å². The lowest BCUT2D eigenvalue weighted by atomic mass is 9.83. The SMILES string of the molecule is Cc1ncccc1-c1nc(C(C)(CI)c2c(Cl)cc(-n3ncc(=O)[nH]c3=O)cc2Cl)no1. The van der Waals surface area contributed by atoms with Crippen LogP contribution in [0.2, 0.25) is 10.0 Å². The molecule has 3 heterocycles. The average molecular weight is 585 g/mol. The molecule has 0 aliphatic rings. The van der Waals surface area contributed by atoms with E-state index in [9.17, 15) is 9.59 Å². The van der Waals surface area contributed by atoms with E-state index >= 15 is 0 Å². The van der Waals surface area contributed by atoms with Crippen molar-refractivity contribution in [3.63, 3.8) is 0 Å². The Labute approximate surface area is 204 Å². The topological polar surface area (TPSA) is 120 Å². The highest BCUT2D eigenvalue weighted by Gasteiger charge is 2.37. The summed E-state index contributed by atoms with van der Waals surface area (Å²) in [5.74, 6) is 0.746. The molecule has 1 aromatic carbocycles. The number of halogens is 3. The van der Waals surface area contributed by atoms with Crippen LogP contribution >= 0.6 is 45.8 Å². The summed E-state index contributed by atoms with van der Waals surface area (Å²) in [6.45, 7) is 3.76. The fourth-order valence-electron chi connectivity index (χ4n) is 3.25. The van der Waals surface area contributed by atoms with Crippen molar-refractivity contribution in [2.24, 2.45) is 0 Å². The molecule has 0 radical (unpaired) electrons. The second-order valence-corrected chi connectivity index (χ2v) is 8.74. The monoisotopic (exact) mass is 584 g/mol. The van der Waals surface area contributed by atoms with Gasteiger partial charge in [0.15, 0.2) is 5.82 Å². The zero-order valence-corrected chi connectivity index (χ0v) is 20.4. The van der Waals surface area contributed by atoms with E-state index in [4.69, 9.17) is 27.7 Å². The van der Waals surface area contributed by atoms with Crippen molar-refractivity contribution in [2.75, 3.05) is 4.43 Å². The highest BCUT2D eigenvalue weighted by molar-refractivity contribution is 14.1. The molecule has 32 heavy (non-hydrogen) atoms. The van der Waals surface area contributed by atoms with E-state index in [2.05, 4.69) is 47.8 Å². The molecule has 164 valence electrons. The summed E-state index contributed by atoms with van der Waals surface area (Å²) in [6.07, 6.45) is 2.68. The number of aromatic amines is 1. The van der Waals surface area contributed by atoms with Gasteiger partial charge in [0, 0.05) is 31.9 Å².